The van der Waals surface area contributed by atoms with Crippen molar-refractivity contribution in [2.24, 2.45) is 0 Å². The Morgan fingerprint density at radius 1 is 1.24 bits per heavy atom. The van der Waals surface area contributed by atoms with Crippen LogP contribution in [0.5, 0.6) is 5.75 Å². The van der Waals surface area contributed by atoms with Gasteiger partial charge in [-0.25, -0.2) is 0 Å². The van der Waals surface area contributed by atoms with Crippen LogP contribution in [0.1, 0.15) is 12.5 Å². The second-order valence-electron chi connectivity index (χ2n) is 3.22. The van der Waals surface area contributed by atoms with E-state index in [4.69, 9.17) is 4.74 Å². The van der Waals surface area contributed by atoms with E-state index in [-0.39, 0.29) is 5.56 Å². The van der Waals surface area contributed by atoms with Crippen molar-refractivity contribution in [3.05, 3.63) is 36.1 Å². The zero-order valence-corrected chi connectivity index (χ0v) is 9.54. The SMILES string of the molecule is CCOc1ccc(C(=COC)C(F)(F)F)cc1. The van der Waals surface area contributed by atoms with Crippen LogP contribution < -0.4 is 4.74 Å². The maximum absolute atomic E-state index is 12.7. The van der Waals surface area contributed by atoms with Crippen LogP contribution in [-0.2, 0) is 4.74 Å². The predicted molar refractivity (Wildman–Crippen MR) is 58.7 cm³/mol. The van der Waals surface area contributed by atoms with Gasteiger partial charge in [0.15, 0.2) is 0 Å². The van der Waals surface area contributed by atoms with E-state index in [2.05, 4.69) is 4.74 Å². The molecule has 0 radical (unpaired) electrons. The molecule has 0 saturated carbocycles. The monoisotopic (exact) mass is 246 g/mol. The van der Waals surface area contributed by atoms with Crippen molar-refractivity contribution in [2.75, 3.05) is 13.7 Å². The first kappa shape index (κ1) is 13.4. The highest BCUT2D eigenvalue weighted by atomic mass is 19.4. The molecule has 0 aliphatic carbocycles. The topological polar surface area (TPSA) is 18.5 Å². The summed E-state index contributed by atoms with van der Waals surface area (Å²) in [6.45, 7) is 2.28. The molecule has 0 saturated heterocycles. The van der Waals surface area contributed by atoms with E-state index >= 15 is 0 Å². The zero-order chi connectivity index (χ0) is 12.9. The molecule has 0 aromatic heterocycles. The van der Waals surface area contributed by atoms with Crippen LogP contribution in [0.25, 0.3) is 5.57 Å². The lowest BCUT2D eigenvalue weighted by Crippen LogP contribution is -2.11. The minimum Gasteiger partial charge on any atom is -0.504 e. The summed E-state index contributed by atoms with van der Waals surface area (Å²) in [4.78, 5) is 0. The number of allylic oxidation sites excluding steroid dienone is 1. The van der Waals surface area contributed by atoms with Gasteiger partial charge in [-0.3, -0.25) is 0 Å². The molecule has 0 heterocycles. The minimum absolute atomic E-state index is 0.0443. The minimum atomic E-state index is -4.44. The summed E-state index contributed by atoms with van der Waals surface area (Å²) < 4.78 is 47.6. The van der Waals surface area contributed by atoms with E-state index in [1.807, 2.05) is 0 Å². The average molecular weight is 246 g/mol. The Bertz CT molecular complexity index is 380. The van der Waals surface area contributed by atoms with E-state index in [1.165, 1.54) is 31.4 Å². The van der Waals surface area contributed by atoms with Crippen LogP contribution in [0.4, 0.5) is 13.2 Å². The molecular formula is C12H13F3O2. The summed E-state index contributed by atoms with van der Waals surface area (Å²) >= 11 is 0. The average Bonchev–Trinajstić information content (AvgIpc) is 2.26. The molecule has 0 amide bonds. The highest BCUT2D eigenvalue weighted by Gasteiger charge is 2.35. The lowest BCUT2D eigenvalue weighted by atomic mass is 10.1. The fourth-order valence-corrected chi connectivity index (χ4v) is 1.31. The van der Waals surface area contributed by atoms with Gasteiger partial charge in [-0.15, -0.1) is 0 Å². The molecule has 1 aromatic carbocycles. The molecule has 1 aromatic rings. The first-order valence-electron chi connectivity index (χ1n) is 5.02. The van der Waals surface area contributed by atoms with Gasteiger partial charge in [-0.05, 0) is 24.6 Å². The Labute approximate surface area is 97.7 Å². The lowest BCUT2D eigenvalue weighted by molar-refractivity contribution is -0.0701. The quantitative estimate of drug-likeness (QED) is 0.755. The van der Waals surface area contributed by atoms with E-state index in [0.29, 0.717) is 18.6 Å². The Hall–Kier alpha value is -1.65. The van der Waals surface area contributed by atoms with Crippen LogP contribution in [0.3, 0.4) is 0 Å². The Kier molecular flexibility index (Phi) is 4.43. The van der Waals surface area contributed by atoms with Crippen molar-refractivity contribution in [1.29, 1.82) is 0 Å². The highest BCUT2D eigenvalue weighted by Crippen LogP contribution is 2.34. The van der Waals surface area contributed by atoms with Crippen molar-refractivity contribution in [3.8, 4) is 5.75 Å². The molecule has 2 nitrogen and oxygen atoms in total. The van der Waals surface area contributed by atoms with Crippen LogP contribution in [0.15, 0.2) is 30.5 Å². The summed E-state index contributed by atoms with van der Waals surface area (Å²) in [5.41, 5.74) is -0.772. The van der Waals surface area contributed by atoms with Gasteiger partial charge in [0, 0.05) is 0 Å². The van der Waals surface area contributed by atoms with Gasteiger partial charge in [-0.2, -0.15) is 13.2 Å². The second kappa shape index (κ2) is 5.61. The number of hydrogen-bond acceptors (Lipinski definition) is 2. The first-order chi connectivity index (χ1) is 7.99. The molecule has 0 spiro atoms. The van der Waals surface area contributed by atoms with Gasteiger partial charge in [0.25, 0.3) is 0 Å². The summed E-state index contributed by atoms with van der Waals surface area (Å²) in [5, 5.41) is 0. The van der Waals surface area contributed by atoms with Gasteiger partial charge in [0.2, 0.25) is 0 Å². The molecule has 0 atom stereocenters. The van der Waals surface area contributed by atoms with Crippen molar-refractivity contribution >= 4 is 5.57 Å². The number of benzene rings is 1. The largest absolute Gasteiger partial charge is 0.504 e. The second-order valence-corrected chi connectivity index (χ2v) is 3.22. The highest BCUT2D eigenvalue weighted by molar-refractivity contribution is 5.69. The van der Waals surface area contributed by atoms with Gasteiger partial charge in [0.05, 0.1) is 25.6 Å². The van der Waals surface area contributed by atoms with E-state index < -0.39 is 11.7 Å². The number of alkyl halides is 3. The normalized spacial score (nSPS) is 12.4. The molecular weight excluding hydrogens is 233 g/mol. The van der Waals surface area contributed by atoms with Crippen LogP contribution >= 0.6 is 0 Å². The third kappa shape index (κ3) is 3.69. The number of halogens is 3. The number of rotatable bonds is 4. The molecule has 0 aliphatic heterocycles. The van der Waals surface area contributed by atoms with Crippen molar-refractivity contribution in [2.45, 2.75) is 13.1 Å². The smallest absolute Gasteiger partial charge is 0.419 e. The molecule has 5 heteroatoms. The fraction of sp³-hybridized carbons (Fsp3) is 0.333. The summed E-state index contributed by atoms with van der Waals surface area (Å²) in [6, 6.07) is 5.69. The Morgan fingerprint density at radius 3 is 2.24 bits per heavy atom. The molecule has 17 heavy (non-hydrogen) atoms. The van der Waals surface area contributed by atoms with Gasteiger partial charge < -0.3 is 9.47 Å². The number of methoxy groups -OCH3 is 1. The fourth-order valence-electron chi connectivity index (χ4n) is 1.31. The van der Waals surface area contributed by atoms with Crippen molar-refractivity contribution in [3.63, 3.8) is 0 Å². The van der Waals surface area contributed by atoms with Gasteiger partial charge in [0.1, 0.15) is 5.75 Å². The summed E-state index contributed by atoms with van der Waals surface area (Å²) in [6.07, 6.45) is -3.75. The summed E-state index contributed by atoms with van der Waals surface area (Å²) in [7, 11) is 1.18. The molecule has 0 fully saturated rings. The molecule has 0 N–H and O–H groups in total. The molecule has 0 aliphatic rings. The van der Waals surface area contributed by atoms with Gasteiger partial charge in [-0.1, -0.05) is 12.1 Å². The molecule has 0 bridgehead atoms. The third-order valence-corrected chi connectivity index (χ3v) is 2.02. The van der Waals surface area contributed by atoms with Crippen LogP contribution in [0, 0.1) is 0 Å². The van der Waals surface area contributed by atoms with Crippen molar-refractivity contribution < 1.29 is 22.6 Å². The lowest BCUT2D eigenvalue weighted by Gasteiger charge is -2.12. The summed E-state index contributed by atoms with van der Waals surface area (Å²) in [5.74, 6) is 0.537. The first-order valence-corrected chi connectivity index (χ1v) is 5.02. The van der Waals surface area contributed by atoms with E-state index in [9.17, 15) is 13.2 Å². The molecule has 1 rings (SSSR count). The Balaban J connectivity index is 3.01. The zero-order valence-electron chi connectivity index (χ0n) is 9.54. The maximum atomic E-state index is 12.7. The van der Waals surface area contributed by atoms with E-state index in [1.54, 1.807) is 6.92 Å². The molecule has 94 valence electrons. The third-order valence-electron chi connectivity index (χ3n) is 2.02. The van der Waals surface area contributed by atoms with Crippen LogP contribution in [-0.4, -0.2) is 19.9 Å². The number of ether oxygens (including phenoxy) is 2. The number of hydrogen-bond donors (Lipinski definition) is 0. The van der Waals surface area contributed by atoms with Crippen molar-refractivity contribution in [1.82, 2.24) is 0 Å². The maximum Gasteiger partial charge on any atom is 0.419 e. The molecule has 0 unspecified atom stereocenters. The standard InChI is InChI=1S/C12H13F3O2/c1-3-17-10-6-4-9(5-7-10)11(8-16-2)12(13,14)15/h4-8H,3H2,1-2H3. The predicted octanol–water partition coefficient (Wildman–Crippen LogP) is 3.63. The van der Waals surface area contributed by atoms with E-state index in [0.717, 1.165) is 0 Å². The van der Waals surface area contributed by atoms with Gasteiger partial charge >= 0.3 is 6.18 Å². The van der Waals surface area contributed by atoms with Crippen LogP contribution in [0.2, 0.25) is 0 Å². The Morgan fingerprint density at radius 2 is 1.82 bits per heavy atom.